The number of hydrogen-bond acceptors (Lipinski definition) is 6. The first-order chi connectivity index (χ1) is 12.8. The molecule has 1 unspecified atom stereocenters. The summed E-state index contributed by atoms with van der Waals surface area (Å²) in [7, 11) is 0. The van der Waals surface area contributed by atoms with Gasteiger partial charge in [-0.15, -0.1) is 0 Å². The Bertz CT molecular complexity index is 920. The Morgan fingerprint density at radius 2 is 1.74 bits per heavy atom. The summed E-state index contributed by atoms with van der Waals surface area (Å²) in [5.74, 6) is -0.812. The topological polar surface area (TPSA) is 110 Å². The fourth-order valence-corrected chi connectivity index (χ4v) is 3.10. The minimum absolute atomic E-state index is 0.0305. The molecule has 0 radical (unpaired) electrons. The Morgan fingerprint density at radius 3 is 2.37 bits per heavy atom. The summed E-state index contributed by atoms with van der Waals surface area (Å²) in [6, 6.07) is 9.53. The molecule has 1 N–H and O–H groups in total. The van der Waals surface area contributed by atoms with Crippen LogP contribution in [-0.4, -0.2) is 46.0 Å². The molecule has 8 nitrogen and oxygen atoms in total. The Labute approximate surface area is 155 Å². The highest BCUT2D eigenvalue weighted by Crippen LogP contribution is 2.31. The minimum atomic E-state index is -1.13. The van der Waals surface area contributed by atoms with Crippen LogP contribution in [0.15, 0.2) is 36.4 Å². The van der Waals surface area contributed by atoms with Crippen molar-refractivity contribution in [2.75, 3.05) is 13.2 Å². The molecule has 27 heavy (non-hydrogen) atoms. The number of fused-ring (bicyclic) bond motifs is 1. The number of nitrogens with zero attached hydrogens (tertiary/aromatic N) is 2. The fourth-order valence-electron chi connectivity index (χ4n) is 3.10. The molecule has 1 aliphatic rings. The zero-order valence-electron chi connectivity index (χ0n) is 14.8. The largest absolute Gasteiger partial charge is 0.490 e. The lowest BCUT2D eigenvalue weighted by molar-refractivity contribution is -0.385. The van der Waals surface area contributed by atoms with Crippen molar-refractivity contribution in [3.05, 3.63) is 68.8 Å². The van der Waals surface area contributed by atoms with Gasteiger partial charge in [0.2, 0.25) is 0 Å². The van der Waals surface area contributed by atoms with Gasteiger partial charge >= 0.3 is 0 Å². The van der Waals surface area contributed by atoms with Gasteiger partial charge in [-0.3, -0.25) is 24.6 Å². The molecule has 0 saturated carbocycles. The van der Waals surface area contributed by atoms with E-state index in [2.05, 4.69) is 0 Å². The SMILES string of the molecule is Cc1cccc(C)c1OCC(O)CN1C(=O)c2cccc([N+](=O)[O-])c2C1=O. The maximum absolute atomic E-state index is 12.5. The zero-order chi connectivity index (χ0) is 19.7. The van der Waals surface area contributed by atoms with E-state index in [1.165, 1.54) is 18.2 Å². The molecular formula is C19H18N2O6. The molecule has 0 bridgehead atoms. The van der Waals surface area contributed by atoms with Crippen LogP contribution in [0.1, 0.15) is 31.8 Å². The van der Waals surface area contributed by atoms with Crippen molar-refractivity contribution < 1.29 is 24.4 Å². The number of rotatable bonds is 6. The molecule has 0 fully saturated rings. The van der Waals surface area contributed by atoms with Crippen molar-refractivity contribution in [3.63, 3.8) is 0 Å². The molecular weight excluding hydrogens is 352 g/mol. The summed E-state index contributed by atoms with van der Waals surface area (Å²) in [4.78, 5) is 36.2. The third kappa shape index (κ3) is 3.39. The molecule has 2 amide bonds. The highest BCUT2D eigenvalue weighted by atomic mass is 16.6. The number of nitro groups is 1. The molecule has 3 rings (SSSR count). The molecule has 0 spiro atoms. The van der Waals surface area contributed by atoms with Gasteiger partial charge in [0.1, 0.15) is 24.0 Å². The van der Waals surface area contributed by atoms with E-state index in [-0.39, 0.29) is 24.3 Å². The number of amides is 2. The number of imide groups is 1. The number of benzene rings is 2. The van der Waals surface area contributed by atoms with Crippen molar-refractivity contribution in [3.8, 4) is 5.75 Å². The first-order valence-corrected chi connectivity index (χ1v) is 8.32. The smallest absolute Gasteiger partial charge is 0.282 e. The maximum atomic E-state index is 12.5. The highest BCUT2D eigenvalue weighted by Gasteiger charge is 2.41. The van der Waals surface area contributed by atoms with Gasteiger partial charge in [0.15, 0.2) is 0 Å². The van der Waals surface area contributed by atoms with Gasteiger partial charge in [0.05, 0.1) is 17.0 Å². The summed E-state index contributed by atoms with van der Waals surface area (Å²) in [5.41, 5.74) is 1.11. The predicted octanol–water partition coefficient (Wildman–Crippen LogP) is 2.25. The summed E-state index contributed by atoms with van der Waals surface area (Å²) < 4.78 is 5.64. The van der Waals surface area contributed by atoms with Crippen molar-refractivity contribution in [1.82, 2.24) is 4.90 Å². The average molecular weight is 370 g/mol. The van der Waals surface area contributed by atoms with E-state index in [1.807, 2.05) is 32.0 Å². The summed E-state index contributed by atoms with van der Waals surface area (Å²) in [6.45, 7) is 3.31. The fraction of sp³-hybridized carbons (Fsp3) is 0.263. The van der Waals surface area contributed by atoms with Crippen LogP contribution in [0.3, 0.4) is 0 Å². The van der Waals surface area contributed by atoms with E-state index < -0.39 is 28.5 Å². The number of carbonyl (C=O) groups excluding carboxylic acids is 2. The lowest BCUT2D eigenvalue weighted by atomic mass is 10.1. The Kier molecular flexibility index (Phi) is 4.91. The lowest BCUT2D eigenvalue weighted by Crippen LogP contribution is -2.39. The van der Waals surface area contributed by atoms with Gasteiger partial charge in [-0.1, -0.05) is 24.3 Å². The Balaban J connectivity index is 1.73. The molecule has 2 aromatic rings. The summed E-state index contributed by atoms with van der Waals surface area (Å²) in [5, 5.41) is 21.4. The second-order valence-electron chi connectivity index (χ2n) is 6.36. The lowest BCUT2D eigenvalue weighted by Gasteiger charge is -2.20. The first kappa shape index (κ1) is 18.5. The van der Waals surface area contributed by atoms with Crippen LogP contribution in [0, 0.1) is 24.0 Å². The van der Waals surface area contributed by atoms with Crippen molar-refractivity contribution in [1.29, 1.82) is 0 Å². The summed E-state index contributed by atoms with van der Waals surface area (Å²) >= 11 is 0. The minimum Gasteiger partial charge on any atom is -0.490 e. The van der Waals surface area contributed by atoms with Gasteiger partial charge in [-0.2, -0.15) is 0 Å². The number of β-amino-alcohol motifs (C(OH)–C–C–N with tert-alkyl or cyclic N) is 1. The van der Waals surface area contributed by atoms with Gasteiger partial charge in [-0.05, 0) is 31.0 Å². The molecule has 0 aromatic heterocycles. The standard InChI is InChI=1S/C19H18N2O6/c1-11-5-3-6-12(2)17(11)27-10-13(22)9-20-18(23)14-7-4-8-15(21(25)26)16(14)19(20)24/h3-8,13,22H,9-10H2,1-2H3. The quantitative estimate of drug-likeness (QED) is 0.474. The third-order valence-electron chi connectivity index (χ3n) is 4.40. The van der Waals surface area contributed by atoms with Crippen LogP contribution < -0.4 is 4.74 Å². The molecule has 1 atom stereocenters. The molecule has 1 aliphatic heterocycles. The van der Waals surface area contributed by atoms with Gasteiger partial charge in [0.25, 0.3) is 17.5 Å². The van der Waals surface area contributed by atoms with Gasteiger partial charge < -0.3 is 9.84 Å². The van der Waals surface area contributed by atoms with Crippen molar-refractivity contribution in [2.45, 2.75) is 20.0 Å². The van der Waals surface area contributed by atoms with E-state index in [1.54, 1.807) is 0 Å². The number of aryl methyl sites for hydroxylation is 2. The van der Waals surface area contributed by atoms with Crippen LogP contribution in [0.4, 0.5) is 5.69 Å². The van der Waals surface area contributed by atoms with Crippen LogP contribution in [0.25, 0.3) is 0 Å². The number of hydrogen-bond donors (Lipinski definition) is 1. The number of para-hydroxylation sites is 1. The number of nitro benzene ring substituents is 1. The monoisotopic (exact) mass is 370 g/mol. The van der Waals surface area contributed by atoms with Crippen molar-refractivity contribution in [2.24, 2.45) is 0 Å². The average Bonchev–Trinajstić information content (AvgIpc) is 2.86. The molecule has 2 aromatic carbocycles. The zero-order valence-corrected chi connectivity index (χ0v) is 14.8. The highest BCUT2D eigenvalue weighted by molar-refractivity contribution is 6.23. The summed E-state index contributed by atoms with van der Waals surface area (Å²) in [6.07, 6.45) is -1.13. The van der Waals surface area contributed by atoms with Crippen LogP contribution >= 0.6 is 0 Å². The molecule has 8 heteroatoms. The Hall–Kier alpha value is -3.26. The van der Waals surface area contributed by atoms with E-state index in [4.69, 9.17) is 4.74 Å². The van der Waals surface area contributed by atoms with Crippen molar-refractivity contribution >= 4 is 17.5 Å². The Morgan fingerprint density at radius 1 is 1.11 bits per heavy atom. The van der Waals surface area contributed by atoms with Crippen LogP contribution in [-0.2, 0) is 0 Å². The molecule has 0 aliphatic carbocycles. The third-order valence-corrected chi connectivity index (χ3v) is 4.40. The normalized spacial score (nSPS) is 14.3. The maximum Gasteiger partial charge on any atom is 0.282 e. The predicted molar refractivity (Wildman–Crippen MR) is 95.9 cm³/mol. The van der Waals surface area contributed by atoms with E-state index in [0.29, 0.717) is 5.75 Å². The van der Waals surface area contributed by atoms with E-state index in [0.717, 1.165) is 16.0 Å². The molecule has 140 valence electrons. The number of aliphatic hydroxyl groups excluding tert-OH is 1. The van der Waals surface area contributed by atoms with E-state index in [9.17, 15) is 24.8 Å². The second kappa shape index (κ2) is 7.16. The molecule has 1 heterocycles. The van der Waals surface area contributed by atoms with Gasteiger partial charge in [-0.25, -0.2) is 0 Å². The van der Waals surface area contributed by atoms with E-state index >= 15 is 0 Å². The van der Waals surface area contributed by atoms with Crippen LogP contribution in [0.2, 0.25) is 0 Å². The first-order valence-electron chi connectivity index (χ1n) is 8.32. The number of carbonyl (C=O) groups is 2. The molecule has 0 saturated heterocycles. The second-order valence-corrected chi connectivity index (χ2v) is 6.36. The number of ether oxygens (including phenoxy) is 1. The van der Waals surface area contributed by atoms with Crippen LogP contribution in [0.5, 0.6) is 5.75 Å². The number of aliphatic hydroxyl groups is 1. The van der Waals surface area contributed by atoms with Gasteiger partial charge in [0, 0.05) is 6.07 Å².